The zero-order chi connectivity index (χ0) is 14.1. The largest absolute Gasteiger partial charge is 0.383 e. The van der Waals surface area contributed by atoms with Crippen molar-refractivity contribution in [2.24, 2.45) is 0 Å². The Hall–Kier alpha value is -1.90. The van der Waals surface area contributed by atoms with Crippen molar-refractivity contribution >= 4 is 5.82 Å². The van der Waals surface area contributed by atoms with Gasteiger partial charge in [0, 0.05) is 17.7 Å². The Morgan fingerprint density at radius 2 is 1.85 bits per heavy atom. The van der Waals surface area contributed by atoms with Crippen molar-refractivity contribution in [3.05, 3.63) is 52.0 Å². The van der Waals surface area contributed by atoms with Gasteiger partial charge in [-0.25, -0.2) is 9.97 Å². The molecule has 1 heterocycles. The Morgan fingerprint density at radius 1 is 1.05 bits per heavy atom. The molecule has 1 aliphatic carbocycles. The Bertz CT molecular complexity index is 647. The Balaban J connectivity index is 1.90. The molecule has 20 heavy (non-hydrogen) atoms. The molecule has 3 heteroatoms. The Morgan fingerprint density at radius 3 is 2.65 bits per heavy atom. The third kappa shape index (κ3) is 2.53. The number of aryl methyl sites for hydroxylation is 3. The summed E-state index contributed by atoms with van der Waals surface area (Å²) >= 11 is 0. The van der Waals surface area contributed by atoms with Gasteiger partial charge in [-0.1, -0.05) is 18.2 Å². The van der Waals surface area contributed by atoms with Gasteiger partial charge in [0.25, 0.3) is 0 Å². The van der Waals surface area contributed by atoms with Gasteiger partial charge < -0.3 is 5.73 Å². The van der Waals surface area contributed by atoms with Crippen LogP contribution in [0, 0.1) is 13.8 Å². The van der Waals surface area contributed by atoms with Crippen LogP contribution in [0.15, 0.2) is 18.2 Å². The number of anilines is 1. The van der Waals surface area contributed by atoms with Gasteiger partial charge in [0.15, 0.2) is 0 Å². The first-order chi connectivity index (χ1) is 9.63. The van der Waals surface area contributed by atoms with E-state index in [9.17, 15) is 0 Å². The molecule has 2 aromatic rings. The molecule has 1 aromatic heterocycles. The van der Waals surface area contributed by atoms with Crippen LogP contribution >= 0.6 is 0 Å². The number of hydrogen-bond donors (Lipinski definition) is 1. The van der Waals surface area contributed by atoms with Crippen molar-refractivity contribution in [1.29, 1.82) is 0 Å². The van der Waals surface area contributed by atoms with Crippen LogP contribution in [-0.2, 0) is 19.3 Å². The van der Waals surface area contributed by atoms with Crippen LogP contribution in [0.1, 0.15) is 46.6 Å². The molecule has 0 bridgehead atoms. The fourth-order valence-corrected chi connectivity index (χ4v) is 2.85. The average Bonchev–Trinajstić information content (AvgIpc) is 2.43. The summed E-state index contributed by atoms with van der Waals surface area (Å²) in [5, 5.41) is 0. The van der Waals surface area contributed by atoms with Gasteiger partial charge in [-0.15, -0.1) is 0 Å². The molecule has 0 spiro atoms. The van der Waals surface area contributed by atoms with E-state index in [-0.39, 0.29) is 0 Å². The Kier molecular flexibility index (Phi) is 3.43. The number of rotatable bonds is 2. The van der Waals surface area contributed by atoms with Crippen molar-refractivity contribution in [1.82, 2.24) is 9.97 Å². The number of hydrogen-bond acceptors (Lipinski definition) is 3. The highest BCUT2D eigenvalue weighted by Crippen LogP contribution is 2.24. The van der Waals surface area contributed by atoms with E-state index in [1.165, 1.54) is 40.8 Å². The third-order valence-corrected chi connectivity index (χ3v) is 4.19. The summed E-state index contributed by atoms with van der Waals surface area (Å²) in [6.07, 6.45) is 5.26. The van der Waals surface area contributed by atoms with Crippen LogP contribution in [0.3, 0.4) is 0 Å². The molecule has 0 saturated heterocycles. The molecule has 0 unspecified atom stereocenters. The zero-order valence-corrected chi connectivity index (χ0v) is 12.2. The van der Waals surface area contributed by atoms with Gasteiger partial charge in [0.05, 0.1) is 0 Å². The molecule has 3 nitrogen and oxygen atoms in total. The van der Waals surface area contributed by atoms with Crippen molar-refractivity contribution in [3.63, 3.8) is 0 Å². The summed E-state index contributed by atoms with van der Waals surface area (Å²) < 4.78 is 0. The Labute approximate surface area is 120 Å². The SMILES string of the molecule is Cc1ccc(Cc2nc(N)c3c(n2)CCCC3)cc1C. The topological polar surface area (TPSA) is 51.8 Å². The molecule has 0 fully saturated rings. The van der Waals surface area contributed by atoms with Gasteiger partial charge >= 0.3 is 0 Å². The average molecular weight is 267 g/mol. The van der Waals surface area contributed by atoms with E-state index < -0.39 is 0 Å². The first kappa shape index (κ1) is 13.1. The van der Waals surface area contributed by atoms with E-state index in [1.807, 2.05) is 0 Å². The molecule has 0 saturated carbocycles. The van der Waals surface area contributed by atoms with E-state index in [0.29, 0.717) is 5.82 Å². The molecule has 0 amide bonds. The maximum Gasteiger partial charge on any atom is 0.135 e. The minimum Gasteiger partial charge on any atom is -0.383 e. The maximum atomic E-state index is 6.10. The first-order valence-electron chi connectivity index (χ1n) is 7.34. The lowest BCUT2D eigenvalue weighted by Crippen LogP contribution is -2.13. The van der Waals surface area contributed by atoms with Crippen molar-refractivity contribution < 1.29 is 0 Å². The smallest absolute Gasteiger partial charge is 0.135 e. The lowest BCUT2D eigenvalue weighted by Gasteiger charge is -2.17. The van der Waals surface area contributed by atoms with E-state index in [0.717, 1.165) is 25.1 Å². The molecule has 0 radical (unpaired) electrons. The van der Waals surface area contributed by atoms with Crippen molar-refractivity contribution in [2.75, 3.05) is 5.73 Å². The van der Waals surface area contributed by atoms with E-state index in [2.05, 4.69) is 37.0 Å². The highest BCUT2D eigenvalue weighted by Gasteiger charge is 2.16. The summed E-state index contributed by atoms with van der Waals surface area (Å²) in [6, 6.07) is 6.53. The maximum absolute atomic E-state index is 6.10. The number of nitrogens with zero attached hydrogens (tertiary/aromatic N) is 2. The molecular formula is C17H21N3. The molecule has 1 aliphatic rings. The second-order valence-electron chi connectivity index (χ2n) is 5.75. The number of nitrogens with two attached hydrogens (primary N) is 1. The number of benzene rings is 1. The van der Waals surface area contributed by atoms with Crippen LogP contribution in [-0.4, -0.2) is 9.97 Å². The summed E-state index contributed by atoms with van der Waals surface area (Å²) in [6.45, 7) is 4.27. The summed E-state index contributed by atoms with van der Waals surface area (Å²) in [7, 11) is 0. The molecule has 104 valence electrons. The van der Waals surface area contributed by atoms with Gasteiger partial charge in [-0.3, -0.25) is 0 Å². The quantitative estimate of drug-likeness (QED) is 0.909. The second kappa shape index (κ2) is 5.23. The molecular weight excluding hydrogens is 246 g/mol. The molecule has 1 aromatic carbocycles. The highest BCUT2D eigenvalue weighted by atomic mass is 15.0. The molecule has 3 rings (SSSR count). The standard InChI is InChI=1S/C17H21N3/c1-11-7-8-13(9-12(11)2)10-16-19-15-6-4-3-5-14(15)17(18)20-16/h7-9H,3-6,10H2,1-2H3,(H2,18,19,20). The fourth-order valence-electron chi connectivity index (χ4n) is 2.85. The highest BCUT2D eigenvalue weighted by molar-refractivity contribution is 5.44. The van der Waals surface area contributed by atoms with Crippen LogP contribution in [0.5, 0.6) is 0 Å². The van der Waals surface area contributed by atoms with E-state index >= 15 is 0 Å². The zero-order valence-electron chi connectivity index (χ0n) is 12.2. The summed E-state index contributed by atoms with van der Waals surface area (Å²) in [5.41, 5.74) is 12.3. The van der Waals surface area contributed by atoms with Crippen molar-refractivity contribution in [3.8, 4) is 0 Å². The summed E-state index contributed by atoms with van der Waals surface area (Å²) in [5.74, 6) is 1.54. The molecule has 0 atom stereocenters. The molecule has 0 aliphatic heterocycles. The predicted molar refractivity (Wildman–Crippen MR) is 81.8 cm³/mol. The van der Waals surface area contributed by atoms with Crippen molar-refractivity contribution in [2.45, 2.75) is 46.0 Å². The molecule has 2 N–H and O–H groups in total. The first-order valence-corrected chi connectivity index (χ1v) is 7.34. The fraction of sp³-hybridized carbons (Fsp3) is 0.412. The van der Waals surface area contributed by atoms with Crippen LogP contribution in [0.4, 0.5) is 5.82 Å². The van der Waals surface area contributed by atoms with Gasteiger partial charge in [0.1, 0.15) is 11.6 Å². The third-order valence-electron chi connectivity index (χ3n) is 4.19. The predicted octanol–water partition coefficient (Wildman–Crippen LogP) is 3.15. The van der Waals surface area contributed by atoms with Crippen LogP contribution in [0.25, 0.3) is 0 Å². The van der Waals surface area contributed by atoms with E-state index in [4.69, 9.17) is 10.7 Å². The normalized spacial score (nSPS) is 14.1. The minimum absolute atomic E-state index is 0.688. The minimum atomic E-state index is 0.688. The monoisotopic (exact) mass is 267 g/mol. The van der Waals surface area contributed by atoms with Gasteiger partial charge in [-0.2, -0.15) is 0 Å². The van der Waals surface area contributed by atoms with Crippen LogP contribution < -0.4 is 5.73 Å². The second-order valence-corrected chi connectivity index (χ2v) is 5.75. The van der Waals surface area contributed by atoms with E-state index in [1.54, 1.807) is 0 Å². The number of fused-ring (bicyclic) bond motifs is 1. The van der Waals surface area contributed by atoms with Crippen LogP contribution in [0.2, 0.25) is 0 Å². The number of nitrogen functional groups attached to an aromatic ring is 1. The summed E-state index contributed by atoms with van der Waals surface area (Å²) in [4.78, 5) is 9.23. The van der Waals surface area contributed by atoms with Gasteiger partial charge in [-0.05, 0) is 56.2 Å². The lowest BCUT2D eigenvalue weighted by molar-refractivity contribution is 0.658. The number of aromatic nitrogens is 2. The lowest BCUT2D eigenvalue weighted by atomic mass is 9.96. The van der Waals surface area contributed by atoms with Gasteiger partial charge in [0.2, 0.25) is 0 Å².